The van der Waals surface area contributed by atoms with Gasteiger partial charge in [0, 0.05) is 12.1 Å². The minimum absolute atomic E-state index is 0.0574. The van der Waals surface area contributed by atoms with Crippen molar-refractivity contribution in [3.63, 3.8) is 0 Å². The Morgan fingerprint density at radius 2 is 1.87 bits per heavy atom. The van der Waals surface area contributed by atoms with Crippen LogP contribution in [0.4, 0.5) is 0 Å². The summed E-state index contributed by atoms with van der Waals surface area (Å²) in [6, 6.07) is 15.2. The normalized spacial score (nSPS) is 16.3. The molecule has 0 aliphatic carbocycles. The van der Waals surface area contributed by atoms with Crippen molar-refractivity contribution in [2.75, 3.05) is 13.2 Å². The van der Waals surface area contributed by atoms with Gasteiger partial charge in [0.2, 0.25) is 11.7 Å². The Kier molecular flexibility index (Phi) is 5.74. The summed E-state index contributed by atoms with van der Waals surface area (Å²) in [5.41, 5.74) is 0.834. The largest absolute Gasteiger partial charge is 0.484 e. The van der Waals surface area contributed by atoms with Gasteiger partial charge in [0.05, 0.1) is 5.56 Å². The molecule has 3 aromatic rings. The highest BCUT2D eigenvalue weighted by molar-refractivity contribution is 5.88. The fourth-order valence-corrected chi connectivity index (χ4v) is 3.48. The number of aromatic carboxylic acids is 1. The van der Waals surface area contributed by atoms with Crippen LogP contribution in [0.5, 0.6) is 5.75 Å². The Labute approximate surface area is 173 Å². The maximum absolute atomic E-state index is 12.8. The number of carboxylic acid groups (broad SMARTS) is 1. The summed E-state index contributed by atoms with van der Waals surface area (Å²) in [4.78, 5) is 30.0. The monoisotopic (exact) mass is 407 g/mol. The summed E-state index contributed by atoms with van der Waals surface area (Å²) in [6.45, 7) is 0.546. The van der Waals surface area contributed by atoms with Gasteiger partial charge in [-0.15, -0.1) is 0 Å². The van der Waals surface area contributed by atoms with Crippen molar-refractivity contribution in [1.82, 2.24) is 15.0 Å². The molecule has 8 nitrogen and oxygen atoms in total. The molecule has 154 valence electrons. The molecular formula is C22H21N3O5. The Morgan fingerprint density at radius 1 is 1.10 bits per heavy atom. The lowest BCUT2D eigenvalue weighted by Gasteiger charge is -2.33. The van der Waals surface area contributed by atoms with Crippen molar-refractivity contribution in [1.29, 1.82) is 0 Å². The van der Waals surface area contributed by atoms with E-state index in [0.29, 0.717) is 29.6 Å². The molecule has 1 aromatic heterocycles. The minimum Gasteiger partial charge on any atom is -0.484 e. The molecule has 30 heavy (non-hydrogen) atoms. The summed E-state index contributed by atoms with van der Waals surface area (Å²) in [6.07, 6.45) is 2.60. The van der Waals surface area contributed by atoms with Crippen LogP contribution in [0.2, 0.25) is 0 Å². The number of ether oxygens (including phenoxy) is 1. The minimum atomic E-state index is -0.996. The molecular weight excluding hydrogens is 386 g/mol. The zero-order chi connectivity index (χ0) is 20.9. The first-order valence-corrected chi connectivity index (χ1v) is 9.76. The smallest absolute Gasteiger partial charge is 0.335 e. The quantitative estimate of drug-likeness (QED) is 0.666. The van der Waals surface area contributed by atoms with Crippen molar-refractivity contribution in [2.45, 2.75) is 25.3 Å². The van der Waals surface area contributed by atoms with Crippen LogP contribution in [-0.4, -0.2) is 45.2 Å². The predicted molar refractivity (Wildman–Crippen MR) is 107 cm³/mol. The average molecular weight is 407 g/mol. The maximum atomic E-state index is 12.8. The first-order chi connectivity index (χ1) is 14.6. The number of carbonyl (C=O) groups excluding carboxylic acids is 1. The molecule has 1 amide bonds. The Hall–Kier alpha value is -3.68. The third-order valence-electron chi connectivity index (χ3n) is 5.05. The molecule has 0 spiro atoms. The molecule has 1 N–H and O–H groups in total. The number of likely N-dealkylation sites (tertiary alicyclic amines) is 1. The van der Waals surface area contributed by atoms with Gasteiger partial charge in [-0.3, -0.25) is 4.79 Å². The number of carboxylic acids is 1. The number of nitrogens with zero attached hydrogens (tertiary/aromatic N) is 3. The molecule has 4 rings (SSSR count). The first kappa shape index (κ1) is 19.6. The number of piperidine rings is 1. The Morgan fingerprint density at radius 3 is 2.60 bits per heavy atom. The highest BCUT2D eigenvalue weighted by Crippen LogP contribution is 2.31. The van der Waals surface area contributed by atoms with Gasteiger partial charge in [-0.1, -0.05) is 35.5 Å². The lowest BCUT2D eigenvalue weighted by Crippen LogP contribution is -2.41. The number of para-hydroxylation sites is 1. The molecule has 1 unspecified atom stereocenters. The number of aromatic nitrogens is 2. The lowest BCUT2D eigenvalue weighted by atomic mass is 10.0. The summed E-state index contributed by atoms with van der Waals surface area (Å²) >= 11 is 0. The second kappa shape index (κ2) is 8.77. The van der Waals surface area contributed by atoms with Crippen LogP contribution in [-0.2, 0) is 4.79 Å². The zero-order valence-corrected chi connectivity index (χ0v) is 16.2. The van der Waals surface area contributed by atoms with E-state index in [1.165, 1.54) is 12.1 Å². The second-order valence-electron chi connectivity index (χ2n) is 7.04. The van der Waals surface area contributed by atoms with Gasteiger partial charge in [-0.05, 0) is 43.5 Å². The third-order valence-corrected chi connectivity index (χ3v) is 5.05. The molecule has 1 aliphatic heterocycles. The van der Waals surface area contributed by atoms with E-state index in [4.69, 9.17) is 14.4 Å². The molecule has 2 aromatic carbocycles. The molecule has 1 saturated heterocycles. The van der Waals surface area contributed by atoms with Crippen LogP contribution in [0.3, 0.4) is 0 Å². The van der Waals surface area contributed by atoms with E-state index in [1.807, 2.05) is 18.2 Å². The predicted octanol–water partition coefficient (Wildman–Crippen LogP) is 3.57. The molecule has 1 fully saturated rings. The van der Waals surface area contributed by atoms with Crippen molar-refractivity contribution in [2.24, 2.45) is 0 Å². The fourth-order valence-electron chi connectivity index (χ4n) is 3.48. The number of amides is 1. The number of rotatable bonds is 6. The first-order valence-electron chi connectivity index (χ1n) is 9.76. The van der Waals surface area contributed by atoms with E-state index in [0.717, 1.165) is 19.3 Å². The van der Waals surface area contributed by atoms with Crippen molar-refractivity contribution in [3.05, 3.63) is 66.1 Å². The average Bonchev–Trinajstić information content (AvgIpc) is 3.28. The van der Waals surface area contributed by atoms with Crippen LogP contribution >= 0.6 is 0 Å². The molecule has 0 bridgehead atoms. The van der Waals surface area contributed by atoms with Gasteiger partial charge in [0.15, 0.2) is 6.61 Å². The number of benzene rings is 2. The van der Waals surface area contributed by atoms with Gasteiger partial charge in [0.1, 0.15) is 11.8 Å². The summed E-state index contributed by atoms with van der Waals surface area (Å²) in [5.74, 6) is 0.253. The fraction of sp³-hybridized carbons (Fsp3) is 0.273. The SMILES string of the molecule is O=C(O)c1ccc(-c2noc(C3CCCCN3C(=O)COc3ccccc3)n2)cc1. The van der Waals surface area contributed by atoms with Crippen LogP contribution in [0.25, 0.3) is 11.4 Å². The standard InChI is InChI=1S/C22H21N3O5/c26-19(14-29-17-6-2-1-3-7-17)25-13-5-4-8-18(25)21-23-20(24-30-21)15-9-11-16(12-10-15)22(27)28/h1-3,6-7,9-12,18H,4-5,8,13-14H2,(H,27,28). The highest BCUT2D eigenvalue weighted by Gasteiger charge is 2.32. The third kappa shape index (κ3) is 4.32. The summed E-state index contributed by atoms with van der Waals surface area (Å²) in [5, 5.41) is 13.0. The Bertz CT molecular complexity index is 1020. The highest BCUT2D eigenvalue weighted by atomic mass is 16.5. The number of hydrogen-bond acceptors (Lipinski definition) is 6. The zero-order valence-electron chi connectivity index (χ0n) is 16.2. The van der Waals surface area contributed by atoms with Gasteiger partial charge < -0.3 is 19.3 Å². The van der Waals surface area contributed by atoms with Crippen molar-refractivity contribution < 1.29 is 24.0 Å². The summed E-state index contributed by atoms with van der Waals surface area (Å²) in [7, 11) is 0. The van der Waals surface area contributed by atoms with Crippen LogP contribution in [0.15, 0.2) is 59.1 Å². The van der Waals surface area contributed by atoms with E-state index in [9.17, 15) is 9.59 Å². The van der Waals surface area contributed by atoms with Crippen LogP contribution < -0.4 is 4.74 Å². The van der Waals surface area contributed by atoms with E-state index >= 15 is 0 Å². The Balaban J connectivity index is 1.47. The number of hydrogen-bond donors (Lipinski definition) is 1. The van der Waals surface area contributed by atoms with E-state index in [-0.39, 0.29) is 24.1 Å². The van der Waals surface area contributed by atoms with E-state index in [1.54, 1.807) is 29.2 Å². The van der Waals surface area contributed by atoms with Crippen LogP contribution in [0.1, 0.15) is 41.6 Å². The van der Waals surface area contributed by atoms with E-state index < -0.39 is 5.97 Å². The summed E-state index contributed by atoms with van der Waals surface area (Å²) < 4.78 is 11.1. The van der Waals surface area contributed by atoms with Crippen molar-refractivity contribution >= 4 is 11.9 Å². The maximum Gasteiger partial charge on any atom is 0.335 e. The van der Waals surface area contributed by atoms with Gasteiger partial charge in [-0.2, -0.15) is 4.98 Å². The molecule has 0 radical (unpaired) electrons. The van der Waals surface area contributed by atoms with Gasteiger partial charge in [-0.25, -0.2) is 4.79 Å². The lowest BCUT2D eigenvalue weighted by molar-refractivity contribution is -0.138. The van der Waals surface area contributed by atoms with E-state index in [2.05, 4.69) is 10.1 Å². The van der Waals surface area contributed by atoms with Gasteiger partial charge >= 0.3 is 5.97 Å². The van der Waals surface area contributed by atoms with Crippen molar-refractivity contribution in [3.8, 4) is 17.1 Å². The second-order valence-corrected chi connectivity index (χ2v) is 7.04. The molecule has 2 heterocycles. The van der Waals surface area contributed by atoms with Gasteiger partial charge in [0.25, 0.3) is 5.91 Å². The molecule has 8 heteroatoms. The molecule has 0 saturated carbocycles. The van der Waals surface area contributed by atoms with Crippen LogP contribution in [0, 0.1) is 0 Å². The number of carbonyl (C=O) groups is 2. The molecule has 1 atom stereocenters. The topological polar surface area (TPSA) is 106 Å². The molecule has 1 aliphatic rings.